The van der Waals surface area contributed by atoms with Crippen molar-refractivity contribution in [2.45, 2.75) is 10.6 Å². The molecule has 0 heterocycles. The second kappa shape index (κ2) is 10.3. The van der Waals surface area contributed by atoms with Gasteiger partial charge in [-0.15, -0.1) is 0 Å². The molecule has 0 radical (unpaired) electrons. The lowest BCUT2D eigenvalue weighted by Gasteiger charge is -2.13. The molecule has 0 saturated carbocycles. The van der Waals surface area contributed by atoms with E-state index < -0.39 is 10.0 Å². The molecular weight excluding hydrogens is 423 g/mol. The summed E-state index contributed by atoms with van der Waals surface area (Å²) in [5.41, 5.74) is 1.06. The summed E-state index contributed by atoms with van der Waals surface area (Å²) in [5, 5.41) is 2.78. The Morgan fingerprint density at radius 2 is 1.57 bits per heavy atom. The van der Waals surface area contributed by atoms with Crippen LogP contribution in [-0.4, -0.2) is 26.6 Å². The standard InChI is InChI=1S/C22H21FN2O3S2/c23-20-12-6-4-8-17(20)16-29-15-14-24-22(26)19-11-5-7-13-21(19)25-30(27,28)18-9-2-1-3-10-18/h1-13,25H,14-16H2,(H,24,26). The number of anilines is 1. The Kier molecular flexibility index (Phi) is 7.48. The summed E-state index contributed by atoms with van der Waals surface area (Å²) in [6, 6.07) is 21.0. The van der Waals surface area contributed by atoms with Crippen LogP contribution in [0.1, 0.15) is 15.9 Å². The minimum absolute atomic E-state index is 0.116. The van der Waals surface area contributed by atoms with E-state index in [2.05, 4.69) is 10.0 Å². The molecule has 8 heteroatoms. The summed E-state index contributed by atoms with van der Waals surface area (Å²) in [4.78, 5) is 12.7. The molecule has 0 aliphatic rings. The second-order valence-electron chi connectivity index (χ2n) is 6.36. The first-order valence-corrected chi connectivity index (χ1v) is 11.9. The molecule has 0 bridgehead atoms. The Morgan fingerprint density at radius 1 is 0.900 bits per heavy atom. The molecule has 0 fully saturated rings. The minimum Gasteiger partial charge on any atom is -0.351 e. The van der Waals surface area contributed by atoms with Gasteiger partial charge in [-0.2, -0.15) is 11.8 Å². The summed E-state index contributed by atoms with van der Waals surface area (Å²) < 4.78 is 41.2. The van der Waals surface area contributed by atoms with E-state index in [1.165, 1.54) is 30.0 Å². The number of hydrogen-bond acceptors (Lipinski definition) is 4. The zero-order valence-electron chi connectivity index (χ0n) is 16.0. The maximum Gasteiger partial charge on any atom is 0.261 e. The van der Waals surface area contributed by atoms with Crippen molar-refractivity contribution in [3.05, 3.63) is 95.8 Å². The fraction of sp³-hybridized carbons (Fsp3) is 0.136. The number of thioether (sulfide) groups is 1. The van der Waals surface area contributed by atoms with Crippen LogP contribution < -0.4 is 10.0 Å². The third-order valence-electron chi connectivity index (χ3n) is 4.22. The van der Waals surface area contributed by atoms with Gasteiger partial charge in [0.05, 0.1) is 16.1 Å². The van der Waals surface area contributed by atoms with Crippen LogP contribution in [0.3, 0.4) is 0 Å². The molecule has 30 heavy (non-hydrogen) atoms. The molecule has 0 aliphatic heterocycles. The molecule has 0 saturated heterocycles. The Hall–Kier alpha value is -2.84. The summed E-state index contributed by atoms with van der Waals surface area (Å²) >= 11 is 1.50. The molecule has 3 aromatic carbocycles. The van der Waals surface area contributed by atoms with Gasteiger partial charge in [0.1, 0.15) is 5.82 Å². The molecule has 0 unspecified atom stereocenters. The molecule has 5 nitrogen and oxygen atoms in total. The maximum absolute atomic E-state index is 13.6. The molecule has 0 atom stereocenters. The normalized spacial score (nSPS) is 11.1. The van der Waals surface area contributed by atoms with E-state index in [4.69, 9.17) is 0 Å². The molecule has 0 spiro atoms. The first-order valence-electron chi connectivity index (χ1n) is 9.23. The van der Waals surface area contributed by atoms with Gasteiger partial charge in [0.2, 0.25) is 0 Å². The van der Waals surface area contributed by atoms with Gasteiger partial charge in [-0.25, -0.2) is 12.8 Å². The van der Waals surface area contributed by atoms with Crippen LogP contribution in [0, 0.1) is 5.82 Å². The Bertz CT molecular complexity index is 1110. The average molecular weight is 445 g/mol. The number of para-hydroxylation sites is 1. The van der Waals surface area contributed by atoms with E-state index >= 15 is 0 Å². The van der Waals surface area contributed by atoms with Crippen molar-refractivity contribution in [3.63, 3.8) is 0 Å². The number of amides is 1. The van der Waals surface area contributed by atoms with Crippen LogP contribution in [0.5, 0.6) is 0 Å². The third-order valence-corrected chi connectivity index (χ3v) is 6.61. The topological polar surface area (TPSA) is 75.3 Å². The highest BCUT2D eigenvalue weighted by molar-refractivity contribution is 7.98. The SMILES string of the molecule is O=C(NCCSCc1ccccc1F)c1ccccc1NS(=O)(=O)c1ccccc1. The van der Waals surface area contributed by atoms with Crippen molar-refractivity contribution >= 4 is 33.4 Å². The Labute approximate surface area is 179 Å². The van der Waals surface area contributed by atoms with Crippen molar-refractivity contribution in [2.24, 2.45) is 0 Å². The predicted molar refractivity (Wildman–Crippen MR) is 119 cm³/mol. The fourth-order valence-corrected chi connectivity index (χ4v) is 4.65. The molecule has 3 rings (SSSR count). The zero-order valence-corrected chi connectivity index (χ0v) is 17.7. The largest absolute Gasteiger partial charge is 0.351 e. The second-order valence-corrected chi connectivity index (χ2v) is 9.15. The van der Waals surface area contributed by atoms with Gasteiger partial charge >= 0.3 is 0 Å². The lowest BCUT2D eigenvalue weighted by molar-refractivity contribution is 0.0957. The number of carbonyl (C=O) groups excluding carboxylic acids is 1. The smallest absolute Gasteiger partial charge is 0.261 e. The van der Waals surface area contributed by atoms with Gasteiger partial charge in [0.25, 0.3) is 15.9 Å². The lowest BCUT2D eigenvalue weighted by atomic mass is 10.2. The third kappa shape index (κ3) is 5.84. The van der Waals surface area contributed by atoms with Crippen molar-refractivity contribution in [1.29, 1.82) is 0 Å². The molecule has 1 amide bonds. The number of carbonyl (C=O) groups is 1. The van der Waals surface area contributed by atoms with E-state index in [-0.39, 0.29) is 27.9 Å². The van der Waals surface area contributed by atoms with E-state index in [0.717, 1.165) is 0 Å². The maximum atomic E-state index is 13.6. The zero-order chi connectivity index (χ0) is 21.4. The predicted octanol–water partition coefficient (Wildman–Crippen LogP) is 4.29. The average Bonchev–Trinajstić information content (AvgIpc) is 2.75. The molecule has 3 aromatic rings. The quantitative estimate of drug-likeness (QED) is 0.483. The monoisotopic (exact) mass is 444 g/mol. The summed E-state index contributed by atoms with van der Waals surface area (Å²) in [5.74, 6) is 0.482. The molecule has 0 aliphatic carbocycles. The molecule has 2 N–H and O–H groups in total. The van der Waals surface area contributed by atoms with Crippen molar-refractivity contribution in [1.82, 2.24) is 5.32 Å². The van der Waals surface area contributed by atoms with Crippen LogP contribution in [0.2, 0.25) is 0 Å². The number of hydrogen-bond donors (Lipinski definition) is 2. The van der Waals surface area contributed by atoms with Gasteiger partial charge in [-0.1, -0.05) is 48.5 Å². The van der Waals surface area contributed by atoms with Gasteiger partial charge in [-0.05, 0) is 35.9 Å². The highest BCUT2D eigenvalue weighted by atomic mass is 32.2. The van der Waals surface area contributed by atoms with Gasteiger partial charge < -0.3 is 5.32 Å². The van der Waals surface area contributed by atoms with E-state index in [0.29, 0.717) is 23.6 Å². The number of nitrogens with one attached hydrogen (secondary N) is 2. The number of benzene rings is 3. The number of sulfonamides is 1. The van der Waals surface area contributed by atoms with E-state index in [1.807, 2.05) is 0 Å². The van der Waals surface area contributed by atoms with Crippen LogP contribution >= 0.6 is 11.8 Å². The lowest BCUT2D eigenvalue weighted by Crippen LogP contribution is -2.27. The molecular formula is C22H21FN2O3S2. The van der Waals surface area contributed by atoms with Gasteiger partial charge in [0, 0.05) is 18.1 Å². The van der Waals surface area contributed by atoms with Crippen LogP contribution in [0.15, 0.2) is 83.8 Å². The van der Waals surface area contributed by atoms with E-state index in [1.54, 1.807) is 60.7 Å². The van der Waals surface area contributed by atoms with Crippen molar-refractivity contribution in [3.8, 4) is 0 Å². The van der Waals surface area contributed by atoms with Crippen molar-refractivity contribution in [2.75, 3.05) is 17.0 Å². The number of halogens is 1. The van der Waals surface area contributed by atoms with Crippen LogP contribution in [0.4, 0.5) is 10.1 Å². The molecule has 0 aromatic heterocycles. The van der Waals surface area contributed by atoms with Gasteiger partial charge in [-0.3, -0.25) is 9.52 Å². The first-order chi connectivity index (χ1) is 14.5. The Morgan fingerprint density at radius 3 is 2.33 bits per heavy atom. The summed E-state index contributed by atoms with van der Waals surface area (Å²) in [7, 11) is -3.80. The highest BCUT2D eigenvalue weighted by Gasteiger charge is 2.18. The van der Waals surface area contributed by atoms with Crippen LogP contribution in [-0.2, 0) is 15.8 Å². The molecule has 156 valence electrons. The first kappa shape index (κ1) is 21.9. The summed E-state index contributed by atoms with van der Waals surface area (Å²) in [6.45, 7) is 0.373. The van der Waals surface area contributed by atoms with Gasteiger partial charge in [0.15, 0.2) is 0 Å². The van der Waals surface area contributed by atoms with E-state index in [9.17, 15) is 17.6 Å². The minimum atomic E-state index is -3.80. The highest BCUT2D eigenvalue weighted by Crippen LogP contribution is 2.20. The van der Waals surface area contributed by atoms with Crippen LogP contribution in [0.25, 0.3) is 0 Å². The number of rotatable bonds is 9. The summed E-state index contributed by atoms with van der Waals surface area (Å²) in [6.07, 6.45) is 0. The fourth-order valence-electron chi connectivity index (χ4n) is 2.70. The Balaban J connectivity index is 1.57. The van der Waals surface area contributed by atoms with Crippen molar-refractivity contribution < 1.29 is 17.6 Å².